The van der Waals surface area contributed by atoms with Gasteiger partial charge in [-0.3, -0.25) is 0 Å². The van der Waals surface area contributed by atoms with Gasteiger partial charge in [-0.25, -0.2) is 0 Å². The zero-order valence-electron chi connectivity index (χ0n) is 9.05. The largest absolute Gasteiger partial charge is 0.376 e. The predicted octanol–water partition coefficient (Wildman–Crippen LogP) is 2.96. The van der Waals surface area contributed by atoms with E-state index in [9.17, 15) is 0 Å². The van der Waals surface area contributed by atoms with Gasteiger partial charge in [-0.2, -0.15) is 0 Å². The smallest absolute Gasteiger partial charge is 0.0719 e. The summed E-state index contributed by atoms with van der Waals surface area (Å²) in [6, 6.07) is 6.83. The topological polar surface area (TPSA) is 9.23 Å². The Hall–Kier alpha value is -0.820. The fourth-order valence-corrected chi connectivity index (χ4v) is 2.02. The summed E-state index contributed by atoms with van der Waals surface area (Å²) in [7, 11) is 0. The van der Waals surface area contributed by atoms with Gasteiger partial charge in [0.15, 0.2) is 0 Å². The lowest BCUT2D eigenvalue weighted by molar-refractivity contribution is 0.110. The molecule has 0 atom stereocenters. The first-order valence-electron chi connectivity index (χ1n) is 5.44. The van der Waals surface area contributed by atoms with E-state index in [1.807, 2.05) is 0 Å². The van der Waals surface area contributed by atoms with Crippen molar-refractivity contribution >= 4 is 0 Å². The first-order chi connectivity index (χ1) is 6.75. The number of ether oxygens (including phenoxy) is 1. The van der Waals surface area contributed by atoms with Gasteiger partial charge in [0.05, 0.1) is 13.2 Å². The lowest BCUT2D eigenvalue weighted by Gasteiger charge is -2.17. The summed E-state index contributed by atoms with van der Waals surface area (Å²) >= 11 is 0. The van der Waals surface area contributed by atoms with Crippen molar-refractivity contribution in [1.29, 1.82) is 0 Å². The van der Waals surface area contributed by atoms with Crippen molar-refractivity contribution in [1.82, 2.24) is 0 Å². The fraction of sp³-hybridized carbons (Fsp3) is 0.538. The Morgan fingerprint density at radius 1 is 1.29 bits per heavy atom. The van der Waals surface area contributed by atoms with Crippen molar-refractivity contribution in [3.63, 3.8) is 0 Å². The summed E-state index contributed by atoms with van der Waals surface area (Å²) in [6.45, 7) is 6.22. The highest BCUT2D eigenvalue weighted by Crippen LogP contribution is 2.19. The van der Waals surface area contributed by atoms with Crippen molar-refractivity contribution in [3.8, 4) is 0 Å². The van der Waals surface area contributed by atoms with Crippen LogP contribution in [0, 0.1) is 5.92 Å². The lowest BCUT2D eigenvalue weighted by Crippen LogP contribution is -2.10. The second kappa shape index (κ2) is 4.14. The molecule has 1 nitrogen and oxygen atoms in total. The normalized spacial score (nSPS) is 15.6. The lowest BCUT2D eigenvalue weighted by atomic mass is 9.96. The molecule has 0 aromatic heterocycles. The van der Waals surface area contributed by atoms with Gasteiger partial charge in [0.2, 0.25) is 0 Å². The van der Waals surface area contributed by atoms with Crippen LogP contribution < -0.4 is 0 Å². The third-order valence-electron chi connectivity index (χ3n) is 2.69. The molecular formula is C13H18O. The van der Waals surface area contributed by atoms with Crippen LogP contribution in [-0.4, -0.2) is 6.61 Å². The summed E-state index contributed by atoms with van der Waals surface area (Å²) in [5, 5.41) is 0. The Bertz CT molecular complexity index is 315. The molecule has 0 unspecified atom stereocenters. The zero-order chi connectivity index (χ0) is 9.97. The van der Waals surface area contributed by atoms with Crippen LogP contribution in [0.5, 0.6) is 0 Å². The molecular weight excluding hydrogens is 172 g/mol. The third-order valence-corrected chi connectivity index (χ3v) is 2.69. The maximum Gasteiger partial charge on any atom is 0.0719 e. The van der Waals surface area contributed by atoms with E-state index >= 15 is 0 Å². The van der Waals surface area contributed by atoms with Crippen molar-refractivity contribution in [3.05, 3.63) is 34.9 Å². The van der Waals surface area contributed by atoms with Crippen LogP contribution in [0.4, 0.5) is 0 Å². The number of hydrogen-bond donors (Lipinski definition) is 0. The van der Waals surface area contributed by atoms with Gasteiger partial charge in [0.1, 0.15) is 0 Å². The van der Waals surface area contributed by atoms with Crippen LogP contribution in [-0.2, 0) is 24.2 Å². The number of hydrogen-bond acceptors (Lipinski definition) is 1. The molecule has 1 aliphatic rings. The van der Waals surface area contributed by atoms with Crippen molar-refractivity contribution in [2.45, 2.75) is 33.3 Å². The molecule has 0 saturated carbocycles. The maximum atomic E-state index is 5.42. The van der Waals surface area contributed by atoms with Gasteiger partial charge >= 0.3 is 0 Å². The molecule has 14 heavy (non-hydrogen) atoms. The van der Waals surface area contributed by atoms with Gasteiger partial charge in [0, 0.05) is 0 Å². The molecule has 1 aromatic rings. The Kier molecular flexibility index (Phi) is 2.87. The number of fused-ring (bicyclic) bond motifs is 1. The molecule has 0 saturated heterocycles. The van der Waals surface area contributed by atoms with E-state index < -0.39 is 0 Å². The second-order valence-electron chi connectivity index (χ2n) is 4.50. The summed E-state index contributed by atoms with van der Waals surface area (Å²) < 4.78 is 5.42. The van der Waals surface area contributed by atoms with Crippen LogP contribution in [0.1, 0.15) is 30.5 Å². The molecule has 1 aliphatic heterocycles. The van der Waals surface area contributed by atoms with E-state index in [0.29, 0.717) is 0 Å². The zero-order valence-corrected chi connectivity index (χ0v) is 9.05. The van der Waals surface area contributed by atoms with Gasteiger partial charge in [-0.05, 0) is 35.4 Å². The van der Waals surface area contributed by atoms with E-state index in [4.69, 9.17) is 4.74 Å². The van der Waals surface area contributed by atoms with E-state index in [0.717, 1.165) is 25.6 Å². The Balaban J connectivity index is 2.20. The average Bonchev–Trinajstić information content (AvgIpc) is 2.17. The van der Waals surface area contributed by atoms with Gasteiger partial charge < -0.3 is 4.74 Å². The van der Waals surface area contributed by atoms with E-state index in [1.165, 1.54) is 23.1 Å². The van der Waals surface area contributed by atoms with Crippen molar-refractivity contribution < 1.29 is 4.74 Å². The van der Waals surface area contributed by atoms with Gasteiger partial charge in [-0.15, -0.1) is 0 Å². The monoisotopic (exact) mass is 190 g/mol. The van der Waals surface area contributed by atoms with Gasteiger partial charge in [0.25, 0.3) is 0 Å². The molecule has 2 rings (SSSR count). The summed E-state index contributed by atoms with van der Waals surface area (Å²) in [6.07, 6.45) is 2.27. The standard InChI is InChI=1S/C13H18O/c1-10(2)7-11-3-4-13-9-14-6-5-12(13)8-11/h3-4,8,10H,5-7,9H2,1-2H3. The highest BCUT2D eigenvalue weighted by Gasteiger charge is 2.09. The first-order valence-corrected chi connectivity index (χ1v) is 5.44. The Labute approximate surface area is 86.1 Å². The fourth-order valence-electron chi connectivity index (χ4n) is 2.02. The van der Waals surface area contributed by atoms with E-state index in [2.05, 4.69) is 32.0 Å². The molecule has 76 valence electrons. The Morgan fingerprint density at radius 2 is 2.14 bits per heavy atom. The maximum absolute atomic E-state index is 5.42. The first kappa shape index (κ1) is 9.72. The highest BCUT2D eigenvalue weighted by atomic mass is 16.5. The van der Waals surface area contributed by atoms with E-state index in [-0.39, 0.29) is 0 Å². The van der Waals surface area contributed by atoms with Crippen molar-refractivity contribution in [2.75, 3.05) is 6.61 Å². The van der Waals surface area contributed by atoms with Crippen LogP contribution in [0.2, 0.25) is 0 Å². The molecule has 0 spiro atoms. The molecule has 1 heteroatoms. The second-order valence-corrected chi connectivity index (χ2v) is 4.50. The summed E-state index contributed by atoms with van der Waals surface area (Å²) in [5.74, 6) is 0.743. The molecule has 0 amide bonds. The quantitative estimate of drug-likeness (QED) is 0.696. The van der Waals surface area contributed by atoms with Gasteiger partial charge in [-0.1, -0.05) is 32.0 Å². The van der Waals surface area contributed by atoms with Crippen LogP contribution in [0.25, 0.3) is 0 Å². The highest BCUT2D eigenvalue weighted by molar-refractivity contribution is 5.33. The number of rotatable bonds is 2. The predicted molar refractivity (Wildman–Crippen MR) is 58.3 cm³/mol. The molecule has 0 fully saturated rings. The summed E-state index contributed by atoms with van der Waals surface area (Å²) in [4.78, 5) is 0. The molecule has 1 aromatic carbocycles. The van der Waals surface area contributed by atoms with Crippen LogP contribution in [0.3, 0.4) is 0 Å². The molecule has 0 bridgehead atoms. The number of benzene rings is 1. The minimum Gasteiger partial charge on any atom is -0.376 e. The molecule has 0 radical (unpaired) electrons. The van der Waals surface area contributed by atoms with Crippen LogP contribution in [0.15, 0.2) is 18.2 Å². The minimum absolute atomic E-state index is 0.743. The summed E-state index contributed by atoms with van der Waals surface area (Å²) in [5.41, 5.74) is 4.35. The third kappa shape index (κ3) is 2.16. The molecule has 0 aliphatic carbocycles. The Morgan fingerprint density at radius 3 is 2.93 bits per heavy atom. The van der Waals surface area contributed by atoms with Crippen LogP contribution >= 0.6 is 0 Å². The average molecular weight is 190 g/mol. The van der Waals surface area contributed by atoms with E-state index in [1.54, 1.807) is 0 Å². The van der Waals surface area contributed by atoms with Crippen molar-refractivity contribution in [2.24, 2.45) is 5.92 Å². The minimum atomic E-state index is 0.743. The molecule has 0 N–H and O–H groups in total. The molecule has 1 heterocycles. The SMILES string of the molecule is CC(C)Cc1ccc2c(c1)CCOC2.